The highest BCUT2D eigenvalue weighted by molar-refractivity contribution is 5.80. The fourth-order valence-corrected chi connectivity index (χ4v) is 3.26. The minimum absolute atomic E-state index is 0.0417. The summed E-state index contributed by atoms with van der Waals surface area (Å²) < 4.78 is 35.0. The second-order valence-corrected chi connectivity index (χ2v) is 7.07. The largest absolute Gasteiger partial charge is 0.490 e. The van der Waals surface area contributed by atoms with Crippen LogP contribution in [0.1, 0.15) is 39.2 Å². The molecule has 6 nitrogen and oxygen atoms in total. The van der Waals surface area contributed by atoms with Gasteiger partial charge in [-0.15, -0.1) is 0 Å². The number of hydrogen-bond donors (Lipinski definition) is 2. The maximum absolute atomic E-state index is 12.5. The number of alkyl halides is 2. The van der Waals surface area contributed by atoms with Gasteiger partial charge in [-0.25, -0.2) is 0 Å². The molecule has 0 radical (unpaired) electrons. The van der Waals surface area contributed by atoms with Gasteiger partial charge in [0.05, 0.1) is 6.61 Å². The number of rotatable bonds is 8. The fraction of sp³-hybridized carbons (Fsp3) is 0.650. The van der Waals surface area contributed by atoms with Crippen molar-refractivity contribution in [2.75, 3.05) is 26.7 Å². The Bertz CT molecular complexity index is 633. The Hall–Kier alpha value is -2.09. The van der Waals surface area contributed by atoms with Crippen molar-refractivity contribution >= 4 is 5.96 Å². The lowest BCUT2D eigenvalue weighted by Crippen LogP contribution is -2.49. The van der Waals surface area contributed by atoms with Gasteiger partial charge in [0.1, 0.15) is 0 Å². The van der Waals surface area contributed by atoms with Crippen molar-refractivity contribution in [3.05, 3.63) is 23.8 Å². The van der Waals surface area contributed by atoms with Gasteiger partial charge in [-0.2, -0.15) is 8.78 Å². The number of ether oxygens (including phenoxy) is 2. The maximum Gasteiger partial charge on any atom is 0.387 e. The number of nitrogens with one attached hydrogen (secondary N) is 2. The van der Waals surface area contributed by atoms with Crippen molar-refractivity contribution in [2.24, 2.45) is 4.99 Å². The number of aliphatic imine (C=N–C) groups is 1. The Morgan fingerprint density at radius 1 is 1.25 bits per heavy atom. The normalized spacial score (nSPS) is 16.5. The first-order valence-electron chi connectivity index (χ1n) is 9.84. The standard InChI is InChI=1S/C20H32F2N4O2/c1-5-27-18-12-15(6-7-17(18)28-19(21)22)13-24-20(23-4)25-16-8-10-26(11-9-16)14(2)3/h6-7,12,14,16,19H,5,8-11,13H2,1-4H3,(H2,23,24,25). The molecule has 0 aromatic heterocycles. The van der Waals surface area contributed by atoms with Crippen molar-refractivity contribution in [1.82, 2.24) is 15.5 Å². The van der Waals surface area contributed by atoms with E-state index < -0.39 is 6.61 Å². The molecule has 0 unspecified atom stereocenters. The van der Waals surface area contributed by atoms with Crippen LogP contribution in [0.15, 0.2) is 23.2 Å². The molecule has 1 aliphatic rings. The zero-order chi connectivity index (χ0) is 20.5. The van der Waals surface area contributed by atoms with Gasteiger partial charge in [0.2, 0.25) is 0 Å². The van der Waals surface area contributed by atoms with E-state index in [-0.39, 0.29) is 5.75 Å². The van der Waals surface area contributed by atoms with Gasteiger partial charge in [0.25, 0.3) is 0 Å². The molecule has 2 rings (SSSR count). The summed E-state index contributed by atoms with van der Waals surface area (Å²) >= 11 is 0. The molecule has 0 bridgehead atoms. The monoisotopic (exact) mass is 398 g/mol. The van der Waals surface area contributed by atoms with E-state index in [1.54, 1.807) is 26.1 Å². The third-order valence-electron chi connectivity index (χ3n) is 4.81. The molecule has 2 N–H and O–H groups in total. The van der Waals surface area contributed by atoms with Crippen LogP contribution in [-0.4, -0.2) is 56.3 Å². The molecule has 0 aliphatic carbocycles. The number of guanidine groups is 1. The molecule has 28 heavy (non-hydrogen) atoms. The Morgan fingerprint density at radius 2 is 1.96 bits per heavy atom. The summed E-state index contributed by atoms with van der Waals surface area (Å²) in [6, 6.07) is 5.92. The van der Waals surface area contributed by atoms with Crippen molar-refractivity contribution < 1.29 is 18.3 Å². The summed E-state index contributed by atoms with van der Waals surface area (Å²) in [7, 11) is 1.74. The lowest BCUT2D eigenvalue weighted by atomic mass is 10.0. The molecule has 0 atom stereocenters. The van der Waals surface area contributed by atoms with Crippen LogP contribution in [-0.2, 0) is 6.54 Å². The van der Waals surface area contributed by atoms with E-state index in [0.29, 0.717) is 31.0 Å². The molecule has 1 heterocycles. The number of benzene rings is 1. The minimum atomic E-state index is -2.88. The van der Waals surface area contributed by atoms with E-state index in [1.165, 1.54) is 6.07 Å². The Balaban J connectivity index is 1.90. The molecule has 1 saturated heterocycles. The van der Waals surface area contributed by atoms with Gasteiger partial charge in [0, 0.05) is 38.8 Å². The average Bonchev–Trinajstić information content (AvgIpc) is 2.67. The highest BCUT2D eigenvalue weighted by atomic mass is 19.3. The molecule has 0 saturated carbocycles. The number of hydrogen-bond acceptors (Lipinski definition) is 4. The van der Waals surface area contributed by atoms with Crippen LogP contribution in [0.25, 0.3) is 0 Å². The first kappa shape index (κ1) is 22.2. The van der Waals surface area contributed by atoms with Crippen molar-refractivity contribution in [2.45, 2.75) is 58.9 Å². The number of likely N-dealkylation sites (tertiary alicyclic amines) is 1. The molecule has 1 aromatic carbocycles. The summed E-state index contributed by atoms with van der Waals surface area (Å²) in [5.74, 6) is 1.08. The summed E-state index contributed by atoms with van der Waals surface area (Å²) in [4.78, 5) is 6.77. The molecular formula is C20H32F2N4O2. The van der Waals surface area contributed by atoms with E-state index in [4.69, 9.17) is 4.74 Å². The first-order chi connectivity index (χ1) is 13.4. The quantitative estimate of drug-likeness (QED) is 0.520. The van der Waals surface area contributed by atoms with Gasteiger partial charge in [-0.3, -0.25) is 4.99 Å². The second kappa shape index (κ2) is 11.0. The van der Waals surface area contributed by atoms with Crippen molar-refractivity contribution in [1.29, 1.82) is 0 Å². The van der Waals surface area contributed by atoms with Crippen LogP contribution in [0.4, 0.5) is 8.78 Å². The van der Waals surface area contributed by atoms with Crippen molar-refractivity contribution in [3.8, 4) is 11.5 Å². The first-order valence-corrected chi connectivity index (χ1v) is 9.84. The molecular weight excluding hydrogens is 366 g/mol. The third-order valence-corrected chi connectivity index (χ3v) is 4.81. The molecule has 0 spiro atoms. The lowest BCUT2D eigenvalue weighted by Gasteiger charge is -2.35. The Kier molecular flexibility index (Phi) is 8.76. The Morgan fingerprint density at radius 3 is 2.54 bits per heavy atom. The predicted molar refractivity (Wildman–Crippen MR) is 107 cm³/mol. The van der Waals surface area contributed by atoms with Gasteiger partial charge in [-0.1, -0.05) is 6.07 Å². The molecule has 1 fully saturated rings. The zero-order valence-electron chi connectivity index (χ0n) is 17.2. The van der Waals surface area contributed by atoms with Gasteiger partial charge in [0.15, 0.2) is 17.5 Å². The van der Waals surface area contributed by atoms with Gasteiger partial charge in [-0.05, 0) is 51.3 Å². The summed E-state index contributed by atoms with van der Waals surface area (Å²) in [6.45, 7) is 6.39. The lowest BCUT2D eigenvalue weighted by molar-refractivity contribution is -0.0514. The van der Waals surface area contributed by atoms with Crippen LogP contribution in [0.5, 0.6) is 11.5 Å². The molecule has 1 aliphatic heterocycles. The maximum atomic E-state index is 12.5. The molecule has 158 valence electrons. The Labute approximate surface area is 166 Å². The van der Waals surface area contributed by atoms with Gasteiger partial charge >= 0.3 is 6.61 Å². The SMILES string of the molecule is CCOc1cc(CNC(=NC)NC2CCN(C(C)C)CC2)ccc1OC(F)F. The zero-order valence-corrected chi connectivity index (χ0v) is 17.2. The smallest absolute Gasteiger partial charge is 0.387 e. The second-order valence-electron chi connectivity index (χ2n) is 7.07. The summed E-state index contributed by atoms with van der Waals surface area (Å²) in [5, 5.41) is 6.75. The summed E-state index contributed by atoms with van der Waals surface area (Å²) in [5.41, 5.74) is 0.891. The predicted octanol–water partition coefficient (Wildman–Crippen LogP) is 3.22. The van der Waals surface area contributed by atoms with Crippen LogP contribution in [0.2, 0.25) is 0 Å². The third kappa shape index (κ3) is 6.82. The molecule has 0 amide bonds. The number of halogens is 2. The van der Waals surface area contributed by atoms with E-state index in [0.717, 1.165) is 37.5 Å². The summed E-state index contributed by atoms with van der Waals surface area (Å²) in [6.07, 6.45) is 2.15. The van der Waals surface area contributed by atoms with Crippen molar-refractivity contribution in [3.63, 3.8) is 0 Å². The van der Waals surface area contributed by atoms with E-state index >= 15 is 0 Å². The van der Waals surface area contributed by atoms with E-state index in [1.807, 2.05) is 0 Å². The van der Waals surface area contributed by atoms with Crippen LogP contribution in [0.3, 0.4) is 0 Å². The molecule has 1 aromatic rings. The van der Waals surface area contributed by atoms with Crippen LogP contribution in [0, 0.1) is 0 Å². The average molecular weight is 398 g/mol. The highest BCUT2D eigenvalue weighted by Gasteiger charge is 2.21. The van der Waals surface area contributed by atoms with E-state index in [9.17, 15) is 8.78 Å². The topological polar surface area (TPSA) is 58.1 Å². The minimum Gasteiger partial charge on any atom is -0.490 e. The van der Waals surface area contributed by atoms with E-state index in [2.05, 4.69) is 39.1 Å². The van der Waals surface area contributed by atoms with Gasteiger partial charge < -0.3 is 25.0 Å². The molecule has 8 heteroatoms. The number of nitrogens with zero attached hydrogens (tertiary/aromatic N) is 2. The fourth-order valence-electron chi connectivity index (χ4n) is 3.26. The number of piperidine rings is 1. The van der Waals surface area contributed by atoms with Crippen LogP contribution >= 0.6 is 0 Å². The van der Waals surface area contributed by atoms with Crippen LogP contribution < -0.4 is 20.1 Å². The highest BCUT2D eigenvalue weighted by Crippen LogP contribution is 2.29.